The number of likely N-dealkylation sites (tertiary alicyclic amines) is 1. The maximum Gasteiger partial charge on any atom is 0.255 e. The molecule has 2 fully saturated rings. The number of nitrogens with two attached hydrogens (primary N) is 1. The zero-order valence-corrected chi connectivity index (χ0v) is 17.3. The van der Waals surface area contributed by atoms with Crippen LogP contribution in [0.2, 0.25) is 0 Å². The molecule has 0 spiro atoms. The van der Waals surface area contributed by atoms with Crippen LogP contribution in [0.15, 0.2) is 48.5 Å². The molecule has 3 aliphatic rings. The minimum atomic E-state index is -0.580. The molecule has 0 radical (unpaired) electrons. The van der Waals surface area contributed by atoms with Crippen LogP contribution in [-0.2, 0) is 28.2 Å². The number of nitrogens with one attached hydrogen (secondary N) is 1. The van der Waals surface area contributed by atoms with Gasteiger partial charge in [0.2, 0.25) is 11.8 Å². The van der Waals surface area contributed by atoms with Crippen LogP contribution in [0, 0.1) is 0 Å². The number of amides is 3. The van der Waals surface area contributed by atoms with E-state index in [0.29, 0.717) is 18.5 Å². The normalized spacial score (nSPS) is 26.3. The van der Waals surface area contributed by atoms with Gasteiger partial charge in [0.1, 0.15) is 6.04 Å². The molecule has 2 aromatic carbocycles. The van der Waals surface area contributed by atoms with Gasteiger partial charge in [-0.15, -0.1) is 0 Å². The summed E-state index contributed by atoms with van der Waals surface area (Å²) in [6.07, 6.45) is 1.55. The molecule has 0 aromatic heterocycles. The van der Waals surface area contributed by atoms with E-state index in [-0.39, 0.29) is 29.7 Å². The predicted molar refractivity (Wildman–Crippen MR) is 115 cm³/mol. The van der Waals surface area contributed by atoms with E-state index in [1.165, 1.54) is 0 Å². The highest BCUT2D eigenvalue weighted by molar-refractivity contribution is 6.05. The first-order valence-corrected chi connectivity index (χ1v) is 10.8. The second-order valence-electron chi connectivity index (χ2n) is 8.87. The molecule has 3 aliphatic heterocycles. The summed E-state index contributed by atoms with van der Waals surface area (Å²) in [5.41, 5.74) is 10.2. The summed E-state index contributed by atoms with van der Waals surface area (Å²) in [6.45, 7) is 2.88. The molecule has 3 heterocycles. The van der Waals surface area contributed by atoms with E-state index in [1.54, 1.807) is 4.90 Å². The number of carbonyl (C=O) groups is 3. The molecule has 2 saturated heterocycles. The fourth-order valence-electron chi connectivity index (χ4n) is 5.04. The summed E-state index contributed by atoms with van der Waals surface area (Å²) in [5.74, 6) is -0.790. The standard InChI is InChI=1S/C24H26N4O3/c25-24(18-4-2-1-3-5-18)10-11-27(15-24)13-16-6-7-19-17(12-16)14-28(23(19)31)20-8-9-21(29)26-22(20)30/h1-7,12,20H,8-11,13-15,25H2,(H,26,29,30). The highest BCUT2D eigenvalue weighted by atomic mass is 16.2. The molecule has 31 heavy (non-hydrogen) atoms. The average molecular weight is 418 g/mol. The molecule has 0 bridgehead atoms. The van der Waals surface area contributed by atoms with Crippen LogP contribution in [0.3, 0.4) is 0 Å². The number of carbonyl (C=O) groups excluding carboxylic acids is 3. The Labute approximate surface area is 181 Å². The van der Waals surface area contributed by atoms with Crippen molar-refractivity contribution < 1.29 is 14.4 Å². The molecule has 3 amide bonds. The minimum absolute atomic E-state index is 0.137. The van der Waals surface area contributed by atoms with Gasteiger partial charge < -0.3 is 10.6 Å². The Hall–Kier alpha value is -3.03. The molecule has 7 heteroatoms. The highest BCUT2D eigenvalue weighted by Gasteiger charge is 2.39. The fraction of sp³-hybridized carbons (Fsp3) is 0.375. The lowest BCUT2D eigenvalue weighted by Crippen LogP contribution is -2.52. The molecule has 2 unspecified atom stereocenters. The Bertz CT molecular complexity index is 1050. The van der Waals surface area contributed by atoms with Crippen LogP contribution in [0.1, 0.15) is 46.3 Å². The largest absolute Gasteiger partial charge is 0.322 e. The van der Waals surface area contributed by atoms with Crippen LogP contribution in [0.4, 0.5) is 0 Å². The number of hydrogen-bond acceptors (Lipinski definition) is 5. The Balaban J connectivity index is 1.28. The number of imide groups is 1. The van der Waals surface area contributed by atoms with E-state index in [0.717, 1.165) is 42.7 Å². The van der Waals surface area contributed by atoms with Gasteiger partial charge in [-0.05, 0) is 35.6 Å². The van der Waals surface area contributed by atoms with Crippen molar-refractivity contribution in [3.05, 3.63) is 70.8 Å². The second kappa shape index (κ2) is 7.59. The van der Waals surface area contributed by atoms with Crippen molar-refractivity contribution >= 4 is 17.7 Å². The third-order valence-electron chi connectivity index (χ3n) is 6.72. The Morgan fingerprint density at radius 2 is 1.90 bits per heavy atom. The first-order chi connectivity index (χ1) is 14.9. The Morgan fingerprint density at radius 1 is 1.10 bits per heavy atom. The van der Waals surface area contributed by atoms with Crippen LogP contribution in [0.25, 0.3) is 0 Å². The van der Waals surface area contributed by atoms with Gasteiger partial charge in [-0.2, -0.15) is 0 Å². The van der Waals surface area contributed by atoms with Crippen molar-refractivity contribution in [3.63, 3.8) is 0 Å². The first-order valence-electron chi connectivity index (χ1n) is 10.8. The van der Waals surface area contributed by atoms with Gasteiger partial charge in [0.05, 0.1) is 5.54 Å². The van der Waals surface area contributed by atoms with Crippen LogP contribution in [-0.4, -0.2) is 46.7 Å². The number of piperidine rings is 1. The topological polar surface area (TPSA) is 95.7 Å². The van der Waals surface area contributed by atoms with Crippen LogP contribution >= 0.6 is 0 Å². The van der Waals surface area contributed by atoms with Gasteiger partial charge in [-0.25, -0.2) is 0 Å². The van der Waals surface area contributed by atoms with Crippen molar-refractivity contribution in [2.45, 2.75) is 43.9 Å². The number of nitrogens with zero attached hydrogens (tertiary/aromatic N) is 2. The van der Waals surface area contributed by atoms with Gasteiger partial charge in [0, 0.05) is 38.2 Å². The monoisotopic (exact) mass is 418 g/mol. The molecular weight excluding hydrogens is 392 g/mol. The molecule has 3 N–H and O–H groups in total. The van der Waals surface area contributed by atoms with E-state index in [9.17, 15) is 14.4 Å². The lowest BCUT2D eigenvalue weighted by molar-refractivity contribution is -0.136. The molecule has 0 saturated carbocycles. The average Bonchev–Trinajstić information content (AvgIpc) is 3.29. The molecule has 2 atom stereocenters. The summed E-state index contributed by atoms with van der Waals surface area (Å²) < 4.78 is 0. The van der Waals surface area contributed by atoms with Gasteiger partial charge in [-0.1, -0.05) is 42.5 Å². The smallest absolute Gasteiger partial charge is 0.255 e. The van der Waals surface area contributed by atoms with E-state index >= 15 is 0 Å². The van der Waals surface area contributed by atoms with Gasteiger partial charge in [0.15, 0.2) is 0 Å². The number of hydrogen-bond donors (Lipinski definition) is 2. The quantitative estimate of drug-likeness (QED) is 0.734. The van der Waals surface area contributed by atoms with E-state index in [2.05, 4.69) is 28.4 Å². The van der Waals surface area contributed by atoms with Crippen molar-refractivity contribution in [2.24, 2.45) is 5.73 Å². The maximum atomic E-state index is 12.9. The predicted octanol–water partition coefficient (Wildman–Crippen LogP) is 1.51. The van der Waals surface area contributed by atoms with Gasteiger partial charge in [-0.3, -0.25) is 24.6 Å². The summed E-state index contributed by atoms with van der Waals surface area (Å²) in [4.78, 5) is 40.4. The fourth-order valence-corrected chi connectivity index (χ4v) is 5.04. The number of benzene rings is 2. The van der Waals surface area contributed by atoms with Crippen molar-refractivity contribution in [2.75, 3.05) is 13.1 Å². The molecule has 2 aromatic rings. The first kappa shape index (κ1) is 19.9. The highest BCUT2D eigenvalue weighted by Crippen LogP contribution is 2.32. The van der Waals surface area contributed by atoms with Crippen molar-refractivity contribution in [1.82, 2.24) is 15.1 Å². The Morgan fingerprint density at radius 3 is 2.68 bits per heavy atom. The van der Waals surface area contributed by atoms with Gasteiger partial charge >= 0.3 is 0 Å². The van der Waals surface area contributed by atoms with Crippen LogP contribution < -0.4 is 11.1 Å². The van der Waals surface area contributed by atoms with Crippen molar-refractivity contribution in [1.29, 1.82) is 0 Å². The van der Waals surface area contributed by atoms with Gasteiger partial charge in [0.25, 0.3) is 5.91 Å². The third kappa shape index (κ3) is 3.64. The van der Waals surface area contributed by atoms with Crippen LogP contribution in [0.5, 0.6) is 0 Å². The lowest BCUT2D eigenvalue weighted by atomic mass is 9.90. The number of fused-ring (bicyclic) bond motifs is 1. The van der Waals surface area contributed by atoms with Crippen molar-refractivity contribution in [3.8, 4) is 0 Å². The second-order valence-corrected chi connectivity index (χ2v) is 8.87. The van der Waals surface area contributed by atoms with E-state index < -0.39 is 6.04 Å². The zero-order chi connectivity index (χ0) is 21.6. The number of rotatable bonds is 4. The lowest BCUT2D eigenvalue weighted by Gasteiger charge is -2.29. The summed E-state index contributed by atoms with van der Waals surface area (Å²) >= 11 is 0. The summed E-state index contributed by atoms with van der Waals surface area (Å²) in [6, 6.07) is 15.6. The Kier molecular flexibility index (Phi) is 4.87. The zero-order valence-electron chi connectivity index (χ0n) is 17.3. The molecule has 5 rings (SSSR count). The molecule has 7 nitrogen and oxygen atoms in total. The summed E-state index contributed by atoms with van der Waals surface area (Å²) in [5, 5.41) is 2.34. The van der Waals surface area contributed by atoms with E-state index in [4.69, 9.17) is 5.73 Å². The SMILES string of the molecule is NC1(c2ccccc2)CCN(Cc2ccc3c(c2)CN(C2CCC(=O)NC2=O)C3=O)C1. The van der Waals surface area contributed by atoms with E-state index in [1.807, 2.05) is 30.3 Å². The maximum absolute atomic E-state index is 12.9. The third-order valence-corrected chi connectivity index (χ3v) is 6.72. The summed E-state index contributed by atoms with van der Waals surface area (Å²) in [7, 11) is 0. The molecular formula is C24H26N4O3. The minimum Gasteiger partial charge on any atom is -0.322 e. The molecule has 0 aliphatic carbocycles. The molecule has 160 valence electrons.